The summed E-state index contributed by atoms with van der Waals surface area (Å²) in [7, 11) is 1.38. The Hall–Kier alpha value is -2.84. The van der Waals surface area contributed by atoms with Crippen molar-refractivity contribution in [3.05, 3.63) is 22.6 Å². The molecular weight excluding hydrogens is 378 g/mol. The van der Waals surface area contributed by atoms with E-state index in [2.05, 4.69) is 10.5 Å². The summed E-state index contributed by atoms with van der Waals surface area (Å²) >= 11 is 0. The SMILES string of the molecule is CCOC(=O)N/N=C1\CCCc2oc(C(=O)N3CCC(C(=O)OC)CC3)c(C)c21. The van der Waals surface area contributed by atoms with Crippen molar-refractivity contribution in [2.75, 3.05) is 26.8 Å². The van der Waals surface area contributed by atoms with Crippen molar-refractivity contribution in [1.29, 1.82) is 0 Å². The topological polar surface area (TPSA) is 110 Å². The monoisotopic (exact) mass is 405 g/mol. The standard InChI is InChI=1S/C20H27N3O6/c1-4-28-20(26)22-21-14-6-5-7-15-16(14)12(2)17(29-15)18(24)23-10-8-13(9-11-23)19(25)27-3/h13H,4-11H2,1-3H3,(H,22,26)/b21-14+. The van der Waals surface area contributed by atoms with Gasteiger partial charge in [-0.2, -0.15) is 5.10 Å². The second-order valence-corrected chi connectivity index (χ2v) is 7.19. The van der Waals surface area contributed by atoms with Gasteiger partial charge in [0.05, 0.1) is 25.3 Å². The molecule has 2 heterocycles. The van der Waals surface area contributed by atoms with Crippen molar-refractivity contribution in [2.24, 2.45) is 11.0 Å². The second kappa shape index (κ2) is 9.11. The Balaban J connectivity index is 1.75. The molecule has 9 heteroatoms. The van der Waals surface area contributed by atoms with Crippen LogP contribution in [0, 0.1) is 12.8 Å². The average Bonchev–Trinajstić information content (AvgIpc) is 3.08. The van der Waals surface area contributed by atoms with Crippen molar-refractivity contribution in [3.63, 3.8) is 0 Å². The molecule has 1 aromatic rings. The summed E-state index contributed by atoms with van der Waals surface area (Å²) in [6.07, 6.45) is 2.76. The fraction of sp³-hybridized carbons (Fsp3) is 0.600. The maximum Gasteiger partial charge on any atom is 0.427 e. The zero-order valence-electron chi connectivity index (χ0n) is 17.1. The van der Waals surface area contributed by atoms with Crippen molar-refractivity contribution in [2.45, 2.75) is 46.0 Å². The highest BCUT2D eigenvalue weighted by Gasteiger charge is 2.33. The van der Waals surface area contributed by atoms with E-state index < -0.39 is 6.09 Å². The normalized spacial score (nSPS) is 18.3. The van der Waals surface area contributed by atoms with Crippen LogP contribution in [0.3, 0.4) is 0 Å². The van der Waals surface area contributed by atoms with Gasteiger partial charge >= 0.3 is 12.1 Å². The van der Waals surface area contributed by atoms with E-state index in [0.29, 0.717) is 56.0 Å². The van der Waals surface area contributed by atoms with Crippen LogP contribution in [0.1, 0.15) is 60.0 Å². The molecule has 1 fully saturated rings. The molecule has 1 N–H and O–H groups in total. The zero-order chi connectivity index (χ0) is 21.0. The third kappa shape index (κ3) is 4.44. The molecule has 0 spiro atoms. The van der Waals surface area contributed by atoms with Gasteiger partial charge < -0.3 is 18.8 Å². The third-order valence-electron chi connectivity index (χ3n) is 5.39. The Morgan fingerprint density at radius 2 is 1.97 bits per heavy atom. The summed E-state index contributed by atoms with van der Waals surface area (Å²) in [6, 6.07) is 0. The number of methoxy groups -OCH3 is 1. The maximum absolute atomic E-state index is 13.0. The average molecular weight is 405 g/mol. The minimum absolute atomic E-state index is 0.164. The van der Waals surface area contributed by atoms with E-state index in [4.69, 9.17) is 13.9 Å². The summed E-state index contributed by atoms with van der Waals surface area (Å²) in [4.78, 5) is 38.0. The summed E-state index contributed by atoms with van der Waals surface area (Å²) in [5.41, 5.74) is 4.59. The Labute approximate surface area is 169 Å². The minimum Gasteiger partial charge on any atom is -0.469 e. The number of hydrogen-bond donors (Lipinski definition) is 1. The fourth-order valence-corrected chi connectivity index (χ4v) is 3.89. The molecule has 2 amide bonds. The van der Waals surface area contributed by atoms with E-state index in [1.807, 2.05) is 6.92 Å². The zero-order valence-corrected chi connectivity index (χ0v) is 17.1. The molecule has 0 saturated carbocycles. The van der Waals surface area contributed by atoms with Gasteiger partial charge in [-0.1, -0.05) is 0 Å². The molecule has 0 bridgehead atoms. The molecule has 0 unspecified atom stereocenters. The van der Waals surface area contributed by atoms with Crippen LogP contribution in [-0.4, -0.2) is 55.4 Å². The number of amides is 2. The lowest BCUT2D eigenvalue weighted by Crippen LogP contribution is -2.40. The number of piperidine rings is 1. The summed E-state index contributed by atoms with van der Waals surface area (Å²) < 4.78 is 15.6. The Kier molecular flexibility index (Phi) is 6.56. The first kappa shape index (κ1) is 20.9. The van der Waals surface area contributed by atoms with Gasteiger partial charge in [-0.3, -0.25) is 9.59 Å². The fourth-order valence-electron chi connectivity index (χ4n) is 3.89. The Morgan fingerprint density at radius 1 is 1.24 bits per heavy atom. The molecule has 0 aromatic carbocycles. The third-order valence-corrected chi connectivity index (χ3v) is 5.39. The predicted octanol–water partition coefficient (Wildman–Crippen LogP) is 2.40. The van der Waals surface area contributed by atoms with Crippen LogP contribution in [-0.2, 0) is 20.7 Å². The number of nitrogens with one attached hydrogen (secondary N) is 1. The summed E-state index contributed by atoms with van der Waals surface area (Å²) in [6.45, 7) is 4.78. The number of esters is 1. The molecule has 1 saturated heterocycles. The van der Waals surface area contributed by atoms with E-state index in [1.54, 1.807) is 11.8 Å². The second-order valence-electron chi connectivity index (χ2n) is 7.19. The van der Waals surface area contributed by atoms with Crippen LogP contribution in [0.5, 0.6) is 0 Å². The highest BCUT2D eigenvalue weighted by atomic mass is 16.5. The van der Waals surface area contributed by atoms with Crippen LogP contribution in [0.25, 0.3) is 0 Å². The highest BCUT2D eigenvalue weighted by molar-refractivity contribution is 6.06. The molecule has 1 aliphatic carbocycles. The lowest BCUT2D eigenvalue weighted by atomic mass is 9.93. The maximum atomic E-state index is 13.0. The molecule has 1 aromatic heterocycles. The van der Waals surface area contributed by atoms with E-state index in [-0.39, 0.29) is 24.4 Å². The molecule has 0 atom stereocenters. The smallest absolute Gasteiger partial charge is 0.427 e. The van der Waals surface area contributed by atoms with Gasteiger partial charge in [-0.15, -0.1) is 0 Å². The number of hydrazone groups is 1. The number of fused-ring (bicyclic) bond motifs is 1. The van der Waals surface area contributed by atoms with Crippen LogP contribution in [0.15, 0.2) is 9.52 Å². The first-order valence-corrected chi connectivity index (χ1v) is 9.95. The van der Waals surface area contributed by atoms with Gasteiger partial charge in [0.2, 0.25) is 0 Å². The quantitative estimate of drug-likeness (QED) is 0.608. The molecular formula is C20H27N3O6. The number of carbonyl (C=O) groups is 3. The van der Waals surface area contributed by atoms with Crippen molar-refractivity contribution < 1.29 is 28.3 Å². The van der Waals surface area contributed by atoms with Gasteiger partial charge in [0.25, 0.3) is 5.91 Å². The number of aryl methyl sites for hydroxylation is 1. The first-order chi connectivity index (χ1) is 14.0. The minimum atomic E-state index is -0.613. The van der Waals surface area contributed by atoms with Crippen LogP contribution >= 0.6 is 0 Å². The Morgan fingerprint density at radius 3 is 2.62 bits per heavy atom. The number of nitrogens with zero attached hydrogens (tertiary/aromatic N) is 2. The van der Waals surface area contributed by atoms with Crippen molar-refractivity contribution in [1.82, 2.24) is 10.3 Å². The van der Waals surface area contributed by atoms with E-state index in [9.17, 15) is 14.4 Å². The highest BCUT2D eigenvalue weighted by Crippen LogP contribution is 2.31. The van der Waals surface area contributed by atoms with E-state index in [1.165, 1.54) is 7.11 Å². The molecule has 9 nitrogen and oxygen atoms in total. The number of carbonyl (C=O) groups excluding carboxylic acids is 3. The van der Waals surface area contributed by atoms with Crippen LogP contribution in [0.4, 0.5) is 4.79 Å². The molecule has 1 aliphatic heterocycles. The van der Waals surface area contributed by atoms with Gasteiger partial charge in [-0.05, 0) is 39.5 Å². The predicted molar refractivity (Wildman–Crippen MR) is 104 cm³/mol. The van der Waals surface area contributed by atoms with E-state index >= 15 is 0 Å². The van der Waals surface area contributed by atoms with E-state index in [0.717, 1.165) is 17.5 Å². The largest absolute Gasteiger partial charge is 0.469 e. The molecule has 158 valence electrons. The van der Waals surface area contributed by atoms with Crippen LogP contribution < -0.4 is 5.43 Å². The van der Waals surface area contributed by atoms with Gasteiger partial charge in [0.1, 0.15) is 5.76 Å². The lowest BCUT2D eigenvalue weighted by Gasteiger charge is -2.30. The first-order valence-electron chi connectivity index (χ1n) is 9.95. The number of rotatable bonds is 4. The molecule has 2 aliphatic rings. The Bertz CT molecular complexity index is 820. The molecule has 3 rings (SSSR count). The van der Waals surface area contributed by atoms with Gasteiger partial charge in [0.15, 0.2) is 5.76 Å². The summed E-state index contributed by atoms with van der Waals surface area (Å²) in [5.74, 6) is 0.445. The van der Waals surface area contributed by atoms with Gasteiger partial charge in [-0.25, -0.2) is 10.2 Å². The van der Waals surface area contributed by atoms with Crippen molar-refractivity contribution in [3.8, 4) is 0 Å². The van der Waals surface area contributed by atoms with Crippen molar-refractivity contribution >= 4 is 23.7 Å². The number of likely N-dealkylation sites (tertiary alicyclic amines) is 1. The summed E-state index contributed by atoms with van der Waals surface area (Å²) in [5, 5.41) is 4.18. The van der Waals surface area contributed by atoms with Crippen LogP contribution in [0.2, 0.25) is 0 Å². The number of furan rings is 1. The molecule has 0 radical (unpaired) electrons. The molecule has 29 heavy (non-hydrogen) atoms. The lowest BCUT2D eigenvalue weighted by molar-refractivity contribution is -0.146. The number of ether oxygens (including phenoxy) is 2. The van der Waals surface area contributed by atoms with Gasteiger partial charge in [0, 0.05) is 30.6 Å². The number of hydrogen-bond acceptors (Lipinski definition) is 7.